The number of ether oxygens (including phenoxy) is 1. The molecule has 0 saturated heterocycles. The fourth-order valence-electron chi connectivity index (χ4n) is 1.14. The third-order valence-corrected chi connectivity index (χ3v) is 2.52. The second-order valence-corrected chi connectivity index (χ2v) is 3.91. The van der Waals surface area contributed by atoms with Crippen LogP contribution in [0.25, 0.3) is 6.08 Å². The van der Waals surface area contributed by atoms with Crippen LogP contribution in [-0.4, -0.2) is 12.6 Å². The van der Waals surface area contributed by atoms with E-state index >= 15 is 0 Å². The Bertz CT molecular complexity index is 447. The number of anilines is 1. The topological polar surface area (TPSA) is 64.3 Å². The predicted octanol–water partition coefficient (Wildman–Crippen LogP) is 2.77. The molecule has 4 nitrogen and oxygen atoms in total. The molecule has 92 valence electrons. The van der Waals surface area contributed by atoms with E-state index in [9.17, 15) is 4.79 Å². The van der Waals surface area contributed by atoms with E-state index in [1.165, 1.54) is 6.08 Å². The first-order chi connectivity index (χ1) is 8.08. The SMILES string of the molecule is CCOC(=O)/C(Cl)=C/c1cc(NN)ccc1Cl. The number of rotatable bonds is 4. The van der Waals surface area contributed by atoms with Crippen LogP contribution in [0.4, 0.5) is 5.69 Å². The highest BCUT2D eigenvalue weighted by molar-refractivity contribution is 6.43. The van der Waals surface area contributed by atoms with Crippen LogP contribution in [0.1, 0.15) is 12.5 Å². The highest BCUT2D eigenvalue weighted by Crippen LogP contribution is 2.23. The number of nitrogens with two attached hydrogens (primary N) is 1. The van der Waals surface area contributed by atoms with Gasteiger partial charge in [-0.25, -0.2) is 4.79 Å². The second-order valence-electron chi connectivity index (χ2n) is 3.09. The maximum atomic E-state index is 11.3. The maximum absolute atomic E-state index is 11.3. The Labute approximate surface area is 109 Å². The molecule has 0 amide bonds. The van der Waals surface area contributed by atoms with Crippen molar-refractivity contribution in [2.75, 3.05) is 12.0 Å². The summed E-state index contributed by atoms with van der Waals surface area (Å²) in [6, 6.07) is 5.03. The molecule has 0 bridgehead atoms. The molecule has 0 heterocycles. The minimum atomic E-state index is -0.587. The molecule has 0 aromatic heterocycles. The molecule has 0 fully saturated rings. The molecule has 17 heavy (non-hydrogen) atoms. The number of nitrogen functional groups attached to an aromatic ring is 1. The lowest BCUT2D eigenvalue weighted by Crippen LogP contribution is -2.06. The molecular weight excluding hydrogens is 263 g/mol. The van der Waals surface area contributed by atoms with Crippen LogP contribution in [0, 0.1) is 0 Å². The molecule has 1 aromatic carbocycles. The standard InChI is InChI=1S/C11H12Cl2N2O2/c1-2-17-11(16)10(13)6-7-5-8(15-14)3-4-9(7)12/h3-6,15H,2,14H2,1H3/b10-6-. The fourth-order valence-corrected chi connectivity index (χ4v) is 1.48. The first kappa shape index (κ1) is 13.8. The number of nitrogens with one attached hydrogen (secondary N) is 1. The molecule has 6 heteroatoms. The molecule has 0 aliphatic rings. The molecule has 1 rings (SSSR count). The van der Waals surface area contributed by atoms with Gasteiger partial charge in [0.05, 0.1) is 6.61 Å². The van der Waals surface area contributed by atoms with E-state index in [0.29, 0.717) is 16.3 Å². The summed E-state index contributed by atoms with van der Waals surface area (Å²) < 4.78 is 4.75. The van der Waals surface area contributed by atoms with Crippen molar-refractivity contribution in [3.8, 4) is 0 Å². The van der Waals surface area contributed by atoms with Crippen LogP contribution in [0.3, 0.4) is 0 Å². The van der Waals surface area contributed by atoms with Gasteiger partial charge >= 0.3 is 5.97 Å². The number of carbonyl (C=O) groups excluding carboxylic acids is 1. The smallest absolute Gasteiger partial charge is 0.349 e. The summed E-state index contributed by atoms with van der Waals surface area (Å²) in [5, 5.41) is 0.425. The van der Waals surface area contributed by atoms with Gasteiger partial charge in [0.25, 0.3) is 0 Å². The summed E-state index contributed by atoms with van der Waals surface area (Å²) >= 11 is 11.7. The van der Waals surface area contributed by atoms with Crippen LogP contribution >= 0.6 is 23.2 Å². The van der Waals surface area contributed by atoms with Crippen molar-refractivity contribution in [3.63, 3.8) is 0 Å². The molecule has 0 atom stereocenters. The number of hydrogen-bond donors (Lipinski definition) is 2. The molecule has 0 aliphatic carbocycles. The van der Waals surface area contributed by atoms with Gasteiger partial charge < -0.3 is 10.2 Å². The van der Waals surface area contributed by atoms with Crippen LogP contribution in [0.2, 0.25) is 5.02 Å². The Morgan fingerprint density at radius 3 is 2.88 bits per heavy atom. The lowest BCUT2D eigenvalue weighted by Gasteiger charge is -2.04. The number of hydrogen-bond acceptors (Lipinski definition) is 4. The highest BCUT2D eigenvalue weighted by atomic mass is 35.5. The Morgan fingerprint density at radius 1 is 1.59 bits per heavy atom. The van der Waals surface area contributed by atoms with E-state index in [-0.39, 0.29) is 11.6 Å². The van der Waals surface area contributed by atoms with Crippen LogP contribution in [0.5, 0.6) is 0 Å². The molecule has 0 saturated carbocycles. The van der Waals surface area contributed by atoms with Gasteiger partial charge in [0.1, 0.15) is 5.03 Å². The van der Waals surface area contributed by atoms with Gasteiger partial charge in [-0.2, -0.15) is 0 Å². The molecule has 0 aliphatic heterocycles. The van der Waals surface area contributed by atoms with E-state index in [2.05, 4.69) is 5.43 Å². The molecule has 0 unspecified atom stereocenters. The minimum Gasteiger partial charge on any atom is -0.462 e. The normalized spacial score (nSPS) is 11.2. The van der Waals surface area contributed by atoms with Gasteiger partial charge in [-0.05, 0) is 36.8 Å². The van der Waals surface area contributed by atoms with Gasteiger partial charge in [0.2, 0.25) is 0 Å². The lowest BCUT2D eigenvalue weighted by molar-refractivity contribution is -0.137. The van der Waals surface area contributed by atoms with E-state index in [0.717, 1.165) is 0 Å². The fraction of sp³-hybridized carbons (Fsp3) is 0.182. The summed E-state index contributed by atoms with van der Waals surface area (Å²) in [5.74, 6) is 4.68. The Morgan fingerprint density at radius 2 is 2.29 bits per heavy atom. The predicted molar refractivity (Wildman–Crippen MR) is 69.7 cm³/mol. The largest absolute Gasteiger partial charge is 0.462 e. The third-order valence-electron chi connectivity index (χ3n) is 1.92. The number of carbonyl (C=O) groups is 1. The molecule has 0 radical (unpaired) electrons. The Hall–Kier alpha value is -1.23. The number of halogens is 2. The van der Waals surface area contributed by atoms with Crippen molar-refractivity contribution in [3.05, 3.63) is 33.8 Å². The van der Waals surface area contributed by atoms with Gasteiger partial charge in [0.15, 0.2) is 0 Å². The first-order valence-corrected chi connectivity index (χ1v) is 5.64. The van der Waals surface area contributed by atoms with Crippen molar-refractivity contribution in [2.24, 2.45) is 5.84 Å². The molecule has 0 spiro atoms. The second kappa shape index (κ2) is 6.49. The summed E-state index contributed by atoms with van der Waals surface area (Å²) in [7, 11) is 0. The van der Waals surface area contributed by atoms with Crippen molar-refractivity contribution < 1.29 is 9.53 Å². The van der Waals surface area contributed by atoms with Crippen molar-refractivity contribution in [1.82, 2.24) is 0 Å². The number of esters is 1. The van der Waals surface area contributed by atoms with Crippen LogP contribution in [-0.2, 0) is 9.53 Å². The average molecular weight is 275 g/mol. The summed E-state index contributed by atoms with van der Waals surface area (Å²) in [6.07, 6.45) is 1.43. The highest BCUT2D eigenvalue weighted by Gasteiger charge is 2.08. The van der Waals surface area contributed by atoms with Gasteiger partial charge in [-0.3, -0.25) is 5.84 Å². The zero-order valence-electron chi connectivity index (χ0n) is 9.17. The monoisotopic (exact) mass is 274 g/mol. The number of hydrazine groups is 1. The van der Waals surface area contributed by atoms with Crippen LogP contribution in [0.15, 0.2) is 23.2 Å². The average Bonchev–Trinajstić information content (AvgIpc) is 2.32. The molecule has 1 aromatic rings. The number of benzene rings is 1. The Kier molecular flexibility index (Phi) is 5.28. The zero-order valence-corrected chi connectivity index (χ0v) is 10.7. The third kappa shape index (κ3) is 3.93. The minimum absolute atomic E-state index is 0.0390. The first-order valence-electron chi connectivity index (χ1n) is 4.89. The van der Waals surface area contributed by atoms with E-state index in [4.69, 9.17) is 33.8 Å². The summed E-state index contributed by atoms with van der Waals surface area (Å²) in [5.41, 5.74) is 3.72. The zero-order chi connectivity index (χ0) is 12.8. The van der Waals surface area contributed by atoms with Gasteiger partial charge in [-0.1, -0.05) is 23.2 Å². The molecule has 3 N–H and O–H groups in total. The quantitative estimate of drug-likeness (QED) is 0.384. The van der Waals surface area contributed by atoms with Crippen LogP contribution < -0.4 is 11.3 Å². The summed E-state index contributed by atoms with van der Waals surface area (Å²) in [4.78, 5) is 11.3. The van der Waals surface area contributed by atoms with Gasteiger partial charge in [0, 0.05) is 10.7 Å². The van der Waals surface area contributed by atoms with Gasteiger partial charge in [-0.15, -0.1) is 0 Å². The lowest BCUT2D eigenvalue weighted by atomic mass is 10.2. The van der Waals surface area contributed by atoms with E-state index < -0.39 is 5.97 Å². The molecular formula is C11H12Cl2N2O2. The summed E-state index contributed by atoms with van der Waals surface area (Å²) in [6.45, 7) is 1.97. The van der Waals surface area contributed by atoms with Crippen molar-refractivity contribution in [1.29, 1.82) is 0 Å². The Balaban J connectivity index is 3.00. The van der Waals surface area contributed by atoms with Crippen molar-refractivity contribution in [2.45, 2.75) is 6.92 Å². The van der Waals surface area contributed by atoms with Crippen molar-refractivity contribution >= 4 is 40.9 Å². The van der Waals surface area contributed by atoms with E-state index in [1.807, 2.05) is 0 Å². The van der Waals surface area contributed by atoms with E-state index in [1.54, 1.807) is 25.1 Å². The maximum Gasteiger partial charge on any atom is 0.349 e.